The third kappa shape index (κ3) is 4.18. The van der Waals surface area contributed by atoms with E-state index in [0.717, 1.165) is 22.8 Å². The number of hydrogen-bond donors (Lipinski definition) is 2. The lowest BCUT2D eigenvalue weighted by Gasteiger charge is -2.07. The van der Waals surface area contributed by atoms with E-state index >= 15 is 0 Å². The van der Waals surface area contributed by atoms with Gasteiger partial charge in [-0.3, -0.25) is 14.5 Å². The van der Waals surface area contributed by atoms with Crippen LogP contribution in [0.3, 0.4) is 0 Å². The van der Waals surface area contributed by atoms with E-state index in [-0.39, 0.29) is 12.3 Å². The summed E-state index contributed by atoms with van der Waals surface area (Å²) in [6.07, 6.45) is 1.07. The molecule has 2 aromatic heterocycles. The fourth-order valence-electron chi connectivity index (χ4n) is 2.29. The van der Waals surface area contributed by atoms with Crippen LogP contribution < -0.4 is 5.32 Å². The summed E-state index contributed by atoms with van der Waals surface area (Å²) in [5.74, 6) is 0.596. The first-order valence-electron chi connectivity index (χ1n) is 7.91. The van der Waals surface area contributed by atoms with Gasteiger partial charge in [-0.05, 0) is 25.6 Å². The van der Waals surface area contributed by atoms with Gasteiger partial charge in [-0.1, -0.05) is 48.1 Å². The Bertz CT molecular complexity index is 925. The van der Waals surface area contributed by atoms with Crippen molar-refractivity contribution >= 4 is 34.6 Å². The van der Waals surface area contributed by atoms with Crippen LogP contribution in [0.1, 0.15) is 23.9 Å². The van der Waals surface area contributed by atoms with E-state index in [2.05, 4.69) is 25.7 Å². The number of hydrogen-bond acceptors (Lipinski definition) is 6. The standard InChI is InChI=1S/C16H18N6OS2/c1-3-13-18-20-15(25-13)17-12(23)8-9-22-14(19-21-16(22)24)11-6-4-10(2)5-7-11/h4-7H,3,8-9H2,1-2H3,(H,21,24)(H,17,20,23). The van der Waals surface area contributed by atoms with Crippen LogP contribution in [0.5, 0.6) is 0 Å². The summed E-state index contributed by atoms with van der Waals surface area (Å²) in [7, 11) is 0. The fraction of sp³-hybridized carbons (Fsp3) is 0.312. The SMILES string of the molecule is CCc1nnc(NC(=O)CCn2c(-c3ccc(C)cc3)n[nH]c2=S)s1. The molecule has 1 amide bonds. The third-order valence-corrected chi connectivity index (χ3v) is 4.94. The molecule has 0 spiro atoms. The highest BCUT2D eigenvalue weighted by molar-refractivity contribution is 7.71. The molecular formula is C16H18N6OS2. The van der Waals surface area contributed by atoms with Crippen molar-refractivity contribution < 1.29 is 4.79 Å². The molecule has 3 aromatic rings. The molecule has 0 aliphatic carbocycles. The van der Waals surface area contributed by atoms with Crippen LogP contribution in [0.25, 0.3) is 11.4 Å². The van der Waals surface area contributed by atoms with Crippen molar-refractivity contribution in [2.75, 3.05) is 5.32 Å². The van der Waals surface area contributed by atoms with Crippen molar-refractivity contribution in [2.24, 2.45) is 0 Å². The minimum atomic E-state index is -0.128. The van der Waals surface area contributed by atoms with Crippen LogP contribution in [-0.4, -0.2) is 30.9 Å². The number of rotatable bonds is 6. The van der Waals surface area contributed by atoms with Gasteiger partial charge in [0.05, 0.1) is 0 Å². The highest BCUT2D eigenvalue weighted by Crippen LogP contribution is 2.19. The van der Waals surface area contributed by atoms with Gasteiger partial charge in [0.25, 0.3) is 0 Å². The quantitative estimate of drug-likeness (QED) is 0.646. The Morgan fingerprint density at radius 2 is 2.08 bits per heavy atom. The molecule has 9 heteroatoms. The molecule has 130 valence electrons. The number of carbonyl (C=O) groups excluding carboxylic acids is 1. The maximum atomic E-state index is 12.2. The topological polar surface area (TPSA) is 88.5 Å². The van der Waals surface area contributed by atoms with Gasteiger partial charge in [0, 0.05) is 18.5 Å². The molecule has 7 nitrogen and oxygen atoms in total. The number of benzene rings is 1. The summed E-state index contributed by atoms with van der Waals surface area (Å²) in [6.45, 7) is 4.46. The van der Waals surface area contributed by atoms with Gasteiger partial charge in [-0.25, -0.2) is 0 Å². The van der Waals surface area contributed by atoms with Crippen molar-refractivity contribution in [3.8, 4) is 11.4 Å². The minimum absolute atomic E-state index is 0.128. The lowest BCUT2D eigenvalue weighted by atomic mass is 10.1. The molecule has 0 radical (unpaired) electrons. The van der Waals surface area contributed by atoms with Crippen molar-refractivity contribution in [1.29, 1.82) is 0 Å². The lowest BCUT2D eigenvalue weighted by Crippen LogP contribution is -2.15. The van der Waals surface area contributed by atoms with Crippen molar-refractivity contribution in [2.45, 2.75) is 33.2 Å². The Labute approximate surface area is 154 Å². The lowest BCUT2D eigenvalue weighted by molar-refractivity contribution is -0.116. The van der Waals surface area contributed by atoms with E-state index in [1.807, 2.05) is 42.7 Å². The van der Waals surface area contributed by atoms with Crippen LogP contribution in [0.2, 0.25) is 0 Å². The molecule has 25 heavy (non-hydrogen) atoms. The van der Waals surface area contributed by atoms with Crippen LogP contribution in [-0.2, 0) is 17.8 Å². The van der Waals surface area contributed by atoms with Crippen molar-refractivity contribution in [3.05, 3.63) is 39.6 Å². The summed E-state index contributed by atoms with van der Waals surface area (Å²) < 4.78 is 2.32. The molecule has 0 aliphatic heterocycles. The Balaban J connectivity index is 1.68. The smallest absolute Gasteiger partial charge is 0.227 e. The number of aromatic nitrogens is 5. The summed E-state index contributed by atoms with van der Waals surface area (Å²) in [5, 5.41) is 19.2. The zero-order valence-electron chi connectivity index (χ0n) is 13.9. The molecule has 0 saturated heterocycles. The summed E-state index contributed by atoms with van der Waals surface area (Å²) in [4.78, 5) is 12.2. The molecule has 2 N–H and O–H groups in total. The minimum Gasteiger partial charge on any atom is -0.300 e. The molecule has 0 atom stereocenters. The third-order valence-electron chi connectivity index (χ3n) is 3.65. The van der Waals surface area contributed by atoms with E-state index in [4.69, 9.17) is 12.2 Å². The monoisotopic (exact) mass is 374 g/mol. The second kappa shape index (κ2) is 7.66. The number of aromatic amines is 1. The second-order valence-electron chi connectivity index (χ2n) is 5.52. The first kappa shape index (κ1) is 17.4. The number of carbonyl (C=O) groups is 1. The van der Waals surface area contributed by atoms with Gasteiger partial charge < -0.3 is 5.32 Å². The molecule has 0 aliphatic rings. The summed E-state index contributed by atoms with van der Waals surface area (Å²) in [5.41, 5.74) is 2.13. The average molecular weight is 374 g/mol. The van der Waals surface area contributed by atoms with Crippen molar-refractivity contribution in [3.63, 3.8) is 0 Å². The molecule has 1 aromatic carbocycles. The molecule has 0 bridgehead atoms. The Kier molecular flexibility index (Phi) is 5.34. The first-order chi connectivity index (χ1) is 12.1. The van der Waals surface area contributed by atoms with E-state index in [1.54, 1.807) is 0 Å². The highest BCUT2D eigenvalue weighted by Gasteiger charge is 2.12. The molecule has 0 saturated carbocycles. The number of nitrogens with zero attached hydrogens (tertiary/aromatic N) is 4. The van der Waals surface area contributed by atoms with E-state index in [1.165, 1.54) is 16.9 Å². The Hall–Kier alpha value is -2.39. The Morgan fingerprint density at radius 3 is 2.76 bits per heavy atom. The number of anilines is 1. The summed E-state index contributed by atoms with van der Waals surface area (Å²) in [6, 6.07) is 8.02. The van der Waals surface area contributed by atoms with E-state index < -0.39 is 0 Å². The molecule has 0 fully saturated rings. The number of aryl methyl sites for hydroxylation is 2. The zero-order chi connectivity index (χ0) is 17.8. The molecule has 2 heterocycles. The fourth-order valence-corrected chi connectivity index (χ4v) is 3.21. The van der Waals surface area contributed by atoms with Crippen molar-refractivity contribution in [1.82, 2.24) is 25.0 Å². The molecule has 3 rings (SSSR count). The zero-order valence-corrected chi connectivity index (χ0v) is 15.6. The van der Waals surface area contributed by atoms with Gasteiger partial charge in [0.1, 0.15) is 5.01 Å². The largest absolute Gasteiger partial charge is 0.300 e. The number of H-pyrrole nitrogens is 1. The van der Waals surface area contributed by atoms with Crippen LogP contribution in [0, 0.1) is 11.7 Å². The van der Waals surface area contributed by atoms with Gasteiger partial charge >= 0.3 is 0 Å². The van der Waals surface area contributed by atoms with Crippen LogP contribution in [0.15, 0.2) is 24.3 Å². The maximum Gasteiger partial charge on any atom is 0.227 e. The Morgan fingerprint density at radius 1 is 1.32 bits per heavy atom. The maximum absolute atomic E-state index is 12.2. The second-order valence-corrected chi connectivity index (χ2v) is 6.97. The van der Waals surface area contributed by atoms with Gasteiger partial charge in [0.15, 0.2) is 10.6 Å². The first-order valence-corrected chi connectivity index (χ1v) is 9.13. The van der Waals surface area contributed by atoms with Crippen LogP contribution >= 0.6 is 23.6 Å². The predicted molar refractivity (Wildman–Crippen MR) is 100 cm³/mol. The summed E-state index contributed by atoms with van der Waals surface area (Å²) >= 11 is 6.68. The average Bonchev–Trinajstić information content (AvgIpc) is 3.20. The van der Waals surface area contributed by atoms with Crippen LogP contribution in [0.4, 0.5) is 5.13 Å². The van der Waals surface area contributed by atoms with Gasteiger partial charge in [-0.15, -0.1) is 10.2 Å². The molecule has 0 unspecified atom stereocenters. The predicted octanol–water partition coefficient (Wildman–Crippen LogP) is 3.36. The number of amides is 1. The van der Waals surface area contributed by atoms with E-state index in [9.17, 15) is 4.79 Å². The number of nitrogens with one attached hydrogen (secondary N) is 2. The molecular weight excluding hydrogens is 356 g/mol. The van der Waals surface area contributed by atoms with E-state index in [0.29, 0.717) is 16.4 Å². The van der Waals surface area contributed by atoms with Gasteiger partial charge in [0.2, 0.25) is 11.0 Å². The highest BCUT2D eigenvalue weighted by atomic mass is 32.1. The normalized spacial score (nSPS) is 10.8. The van der Waals surface area contributed by atoms with Gasteiger partial charge in [-0.2, -0.15) is 5.10 Å².